The number of hydrogen-bond acceptors (Lipinski definition) is 2. The first-order chi connectivity index (χ1) is 20.3. The Morgan fingerprint density at radius 3 is 2.40 bits per heavy atom. The van der Waals surface area contributed by atoms with Crippen molar-refractivity contribution in [1.29, 1.82) is 0 Å². The minimum Gasteiger partial charge on any atom is -1.00 e. The second-order valence-electron chi connectivity index (χ2n) is 12.2. The van der Waals surface area contributed by atoms with Gasteiger partial charge in [-0.2, -0.15) is 0 Å². The van der Waals surface area contributed by atoms with Crippen LogP contribution in [-0.4, -0.2) is 28.1 Å². The van der Waals surface area contributed by atoms with Crippen molar-refractivity contribution in [2.24, 2.45) is 0 Å². The molecule has 7 heteroatoms. The number of carbonyl (C=O) groups is 1. The standard InChI is InChI=1S/C36H36BrN4O.BrH/c1-25-19-32-33(20-26(25)2)39(24-38(32)21-28-13-15-29(37)16-14-28)23-34(42)40-18-17-36(3)30-11-7-8-12-31(30)41(35(36)40)22-27-9-5-4-6-10-27;/h4-16,19-20,24,35H,17-18,21-23H2,1-3H3;1H/q+1;/p-1. The highest BCUT2D eigenvalue weighted by Gasteiger charge is 2.55. The first-order valence-electron chi connectivity index (χ1n) is 14.8. The molecule has 0 aliphatic carbocycles. The molecule has 0 spiro atoms. The van der Waals surface area contributed by atoms with Crippen molar-refractivity contribution in [2.45, 2.75) is 58.4 Å². The number of benzene rings is 4. The Labute approximate surface area is 272 Å². The molecular weight excluding hydrogens is 664 g/mol. The summed E-state index contributed by atoms with van der Waals surface area (Å²) in [6, 6.07) is 32.3. The summed E-state index contributed by atoms with van der Waals surface area (Å²) in [7, 11) is 0. The summed E-state index contributed by atoms with van der Waals surface area (Å²) >= 11 is 3.55. The van der Waals surface area contributed by atoms with Gasteiger partial charge in [0.1, 0.15) is 12.7 Å². The molecule has 2 aliphatic rings. The number of amides is 1. The topological polar surface area (TPSA) is 32.4 Å². The summed E-state index contributed by atoms with van der Waals surface area (Å²) in [6.45, 7) is 9.25. The summed E-state index contributed by atoms with van der Waals surface area (Å²) < 4.78 is 5.51. The summed E-state index contributed by atoms with van der Waals surface area (Å²) in [5.74, 6) is 0.167. The van der Waals surface area contributed by atoms with Crippen LogP contribution in [0.25, 0.3) is 11.0 Å². The van der Waals surface area contributed by atoms with E-state index in [4.69, 9.17) is 0 Å². The average molecular weight is 701 g/mol. The van der Waals surface area contributed by atoms with Crippen LogP contribution >= 0.6 is 15.9 Å². The van der Waals surface area contributed by atoms with Gasteiger partial charge in [0.2, 0.25) is 6.33 Å². The first kappa shape index (κ1) is 29.6. The maximum atomic E-state index is 14.3. The molecule has 2 aliphatic heterocycles. The summed E-state index contributed by atoms with van der Waals surface area (Å²) in [4.78, 5) is 18.9. The predicted molar refractivity (Wildman–Crippen MR) is 171 cm³/mol. The molecule has 0 radical (unpaired) electrons. The average Bonchev–Trinajstić information content (AvgIpc) is 3.58. The zero-order chi connectivity index (χ0) is 29.0. The number of imidazole rings is 1. The third kappa shape index (κ3) is 5.21. The monoisotopic (exact) mass is 698 g/mol. The number of hydrogen-bond donors (Lipinski definition) is 0. The number of carbonyl (C=O) groups excluding carboxylic acids is 1. The van der Waals surface area contributed by atoms with E-state index >= 15 is 0 Å². The van der Waals surface area contributed by atoms with E-state index in [9.17, 15) is 4.79 Å². The normalized spacial score (nSPS) is 18.9. The minimum absolute atomic E-state index is 0. The molecule has 5 nitrogen and oxygen atoms in total. The van der Waals surface area contributed by atoms with Crippen molar-refractivity contribution in [1.82, 2.24) is 9.47 Å². The van der Waals surface area contributed by atoms with Gasteiger partial charge in [-0.1, -0.05) is 83.5 Å². The van der Waals surface area contributed by atoms with Gasteiger partial charge in [-0.25, -0.2) is 9.13 Å². The van der Waals surface area contributed by atoms with E-state index in [1.165, 1.54) is 33.5 Å². The van der Waals surface area contributed by atoms with Gasteiger partial charge in [0, 0.05) is 28.7 Å². The molecule has 1 amide bonds. The number of aromatic nitrogens is 2. The number of anilines is 1. The van der Waals surface area contributed by atoms with Gasteiger partial charge in [0.25, 0.3) is 5.91 Å². The molecule has 0 N–H and O–H groups in total. The zero-order valence-corrected chi connectivity index (χ0v) is 28.0. The summed E-state index contributed by atoms with van der Waals surface area (Å²) in [6.07, 6.45) is 3.08. The molecule has 2 unspecified atom stereocenters. The Morgan fingerprint density at radius 2 is 1.63 bits per heavy atom. The molecule has 1 aromatic heterocycles. The van der Waals surface area contributed by atoms with Gasteiger partial charge >= 0.3 is 0 Å². The van der Waals surface area contributed by atoms with Gasteiger partial charge < -0.3 is 26.8 Å². The van der Waals surface area contributed by atoms with E-state index in [1.807, 2.05) is 0 Å². The molecule has 3 heterocycles. The lowest BCUT2D eigenvalue weighted by atomic mass is 9.81. The van der Waals surface area contributed by atoms with Gasteiger partial charge in [-0.3, -0.25) is 4.79 Å². The Morgan fingerprint density at radius 1 is 0.930 bits per heavy atom. The van der Waals surface area contributed by atoms with E-state index in [0.29, 0.717) is 6.54 Å². The summed E-state index contributed by atoms with van der Waals surface area (Å²) in [5.41, 5.74) is 9.72. The molecule has 4 aromatic carbocycles. The SMILES string of the molecule is Cc1cc2c(cc1C)[n+](Cc1ccc(Br)cc1)cn2CC(=O)N1CCC2(C)c3ccccc3N(Cc3ccccc3)C12.[Br-]. The van der Waals surface area contributed by atoms with E-state index in [1.54, 1.807) is 0 Å². The Balaban J connectivity index is 0.00000329. The lowest BCUT2D eigenvalue weighted by molar-refractivity contribution is -0.663. The van der Waals surface area contributed by atoms with E-state index < -0.39 is 0 Å². The minimum atomic E-state index is -0.102. The zero-order valence-electron chi connectivity index (χ0n) is 24.8. The van der Waals surface area contributed by atoms with Gasteiger partial charge in [0.15, 0.2) is 17.6 Å². The number of para-hydroxylation sites is 1. The molecule has 7 rings (SSSR count). The highest BCUT2D eigenvalue weighted by Crippen LogP contribution is 2.52. The van der Waals surface area contributed by atoms with Crippen molar-refractivity contribution < 1.29 is 26.3 Å². The number of rotatable bonds is 6. The Bertz CT molecular complexity index is 1800. The quantitative estimate of drug-likeness (QED) is 0.252. The fraction of sp³-hybridized carbons (Fsp3) is 0.278. The first-order valence-corrected chi connectivity index (χ1v) is 15.5. The van der Waals surface area contributed by atoms with Gasteiger partial charge in [-0.05, 0) is 78.4 Å². The molecule has 0 saturated carbocycles. The van der Waals surface area contributed by atoms with Crippen LogP contribution in [0.2, 0.25) is 0 Å². The Hall–Kier alpha value is -3.42. The van der Waals surface area contributed by atoms with Crippen molar-refractivity contribution in [3.8, 4) is 0 Å². The molecule has 43 heavy (non-hydrogen) atoms. The van der Waals surface area contributed by atoms with Crippen molar-refractivity contribution >= 4 is 38.6 Å². The van der Waals surface area contributed by atoms with Crippen LogP contribution in [0, 0.1) is 13.8 Å². The lowest BCUT2D eigenvalue weighted by Crippen LogP contribution is -3.00. The van der Waals surface area contributed by atoms with Crippen LogP contribution in [0.1, 0.15) is 41.2 Å². The molecular formula is C36H36Br2N4O. The molecule has 1 fully saturated rings. The smallest absolute Gasteiger partial charge is 0.266 e. The van der Waals surface area contributed by atoms with Crippen molar-refractivity contribution in [2.75, 3.05) is 11.4 Å². The predicted octanol–water partition coefficient (Wildman–Crippen LogP) is 3.90. The molecule has 5 aromatic rings. The maximum absolute atomic E-state index is 14.3. The van der Waals surface area contributed by atoms with Crippen LogP contribution in [0.5, 0.6) is 0 Å². The Kier molecular flexibility index (Phi) is 7.99. The van der Waals surface area contributed by atoms with Crippen LogP contribution < -0.4 is 26.4 Å². The third-order valence-corrected chi connectivity index (χ3v) is 9.97. The van der Waals surface area contributed by atoms with E-state index in [2.05, 4.69) is 153 Å². The van der Waals surface area contributed by atoms with Crippen molar-refractivity contribution in [3.05, 3.63) is 130 Å². The lowest BCUT2D eigenvalue weighted by Gasteiger charge is -2.36. The van der Waals surface area contributed by atoms with Crippen molar-refractivity contribution in [3.63, 3.8) is 0 Å². The van der Waals surface area contributed by atoms with Crippen LogP contribution in [0.4, 0.5) is 5.69 Å². The maximum Gasteiger partial charge on any atom is 0.266 e. The molecule has 220 valence electrons. The molecule has 2 atom stereocenters. The number of aryl methyl sites for hydroxylation is 2. The second-order valence-corrected chi connectivity index (χ2v) is 13.1. The highest BCUT2D eigenvalue weighted by molar-refractivity contribution is 9.10. The van der Waals surface area contributed by atoms with E-state index in [-0.39, 0.29) is 34.5 Å². The second kappa shape index (κ2) is 11.6. The van der Waals surface area contributed by atoms with Gasteiger partial charge in [0.05, 0.1) is 0 Å². The number of likely N-dealkylation sites (tertiary alicyclic amines) is 1. The fourth-order valence-electron chi connectivity index (χ4n) is 7.10. The van der Waals surface area contributed by atoms with Crippen LogP contribution in [0.15, 0.2) is 102 Å². The number of halogens is 2. The number of nitrogens with zero attached hydrogens (tertiary/aromatic N) is 4. The third-order valence-electron chi connectivity index (χ3n) is 9.44. The fourth-order valence-corrected chi connectivity index (χ4v) is 7.36. The summed E-state index contributed by atoms with van der Waals surface area (Å²) in [5, 5.41) is 0. The largest absolute Gasteiger partial charge is 1.00 e. The van der Waals surface area contributed by atoms with E-state index in [0.717, 1.165) is 41.6 Å². The van der Waals surface area contributed by atoms with Crippen LogP contribution in [-0.2, 0) is 29.8 Å². The van der Waals surface area contributed by atoms with Gasteiger partial charge in [-0.15, -0.1) is 0 Å². The molecule has 1 saturated heterocycles. The highest BCUT2D eigenvalue weighted by atomic mass is 79.9. The van der Waals surface area contributed by atoms with Crippen LogP contribution in [0.3, 0.4) is 0 Å². The molecule has 0 bridgehead atoms. The number of fused-ring (bicyclic) bond motifs is 4.